The number of likely N-dealkylation sites (N-methyl/N-ethyl adjacent to an activating group) is 1. The van der Waals surface area contributed by atoms with E-state index in [1.165, 1.54) is 12.1 Å². The molecule has 1 aromatic carbocycles. The SMILES string of the molecule is CCOCC(=O)Nc1cc(F)ccc1N1CCN(C)CC1. The van der Waals surface area contributed by atoms with Gasteiger partial charge in [-0.1, -0.05) is 0 Å². The molecular weight excluding hydrogens is 273 g/mol. The van der Waals surface area contributed by atoms with Crippen LogP contribution in [0.2, 0.25) is 0 Å². The molecule has 0 bridgehead atoms. The summed E-state index contributed by atoms with van der Waals surface area (Å²) in [6.07, 6.45) is 0. The summed E-state index contributed by atoms with van der Waals surface area (Å²) in [4.78, 5) is 16.2. The number of rotatable bonds is 5. The maximum Gasteiger partial charge on any atom is 0.250 e. The molecule has 1 aliphatic rings. The van der Waals surface area contributed by atoms with Crippen LogP contribution >= 0.6 is 0 Å². The first-order chi connectivity index (χ1) is 10.1. The molecule has 2 rings (SSSR count). The summed E-state index contributed by atoms with van der Waals surface area (Å²) in [6, 6.07) is 4.50. The number of carbonyl (C=O) groups excluding carboxylic acids is 1. The minimum absolute atomic E-state index is 0.0187. The van der Waals surface area contributed by atoms with Gasteiger partial charge in [-0.15, -0.1) is 0 Å². The lowest BCUT2D eigenvalue weighted by Gasteiger charge is -2.35. The van der Waals surface area contributed by atoms with Crippen molar-refractivity contribution in [2.45, 2.75) is 6.92 Å². The first-order valence-corrected chi connectivity index (χ1v) is 7.20. The number of nitrogens with zero attached hydrogens (tertiary/aromatic N) is 2. The zero-order chi connectivity index (χ0) is 15.2. The fourth-order valence-electron chi connectivity index (χ4n) is 2.31. The molecule has 1 fully saturated rings. The number of amides is 1. The minimum Gasteiger partial charge on any atom is -0.372 e. The number of ether oxygens (including phenoxy) is 1. The van der Waals surface area contributed by atoms with Gasteiger partial charge in [-0.25, -0.2) is 4.39 Å². The van der Waals surface area contributed by atoms with Crippen molar-refractivity contribution in [1.82, 2.24) is 4.90 Å². The molecule has 1 N–H and O–H groups in total. The Hall–Kier alpha value is -1.66. The zero-order valence-electron chi connectivity index (χ0n) is 12.6. The Morgan fingerprint density at radius 2 is 2.05 bits per heavy atom. The second-order valence-corrected chi connectivity index (χ2v) is 5.14. The van der Waals surface area contributed by atoms with Gasteiger partial charge in [0.15, 0.2) is 0 Å². The van der Waals surface area contributed by atoms with E-state index >= 15 is 0 Å². The van der Waals surface area contributed by atoms with Crippen LogP contribution in [0.15, 0.2) is 18.2 Å². The Morgan fingerprint density at radius 3 is 2.71 bits per heavy atom. The maximum absolute atomic E-state index is 13.5. The van der Waals surface area contributed by atoms with Crippen LogP contribution in [0, 0.1) is 5.82 Å². The quantitative estimate of drug-likeness (QED) is 0.895. The lowest BCUT2D eigenvalue weighted by Crippen LogP contribution is -2.44. The lowest BCUT2D eigenvalue weighted by atomic mass is 10.2. The average Bonchev–Trinajstić information content (AvgIpc) is 2.46. The number of carbonyl (C=O) groups is 1. The normalized spacial score (nSPS) is 16.0. The van der Waals surface area contributed by atoms with Gasteiger partial charge in [-0.3, -0.25) is 4.79 Å². The van der Waals surface area contributed by atoms with E-state index in [-0.39, 0.29) is 18.3 Å². The fourth-order valence-corrected chi connectivity index (χ4v) is 2.31. The average molecular weight is 295 g/mol. The van der Waals surface area contributed by atoms with Crippen LogP contribution in [-0.4, -0.2) is 57.2 Å². The lowest BCUT2D eigenvalue weighted by molar-refractivity contribution is -0.120. The predicted molar refractivity (Wildman–Crippen MR) is 81.2 cm³/mol. The van der Waals surface area contributed by atoms with Crippen LogP contribution in [0.1, 0.15) is 6.92 Å². The molecule has 116 valence electrons. The van der Waals surface area contributed by atoms with Crippen molar-refractivity contribution in [2.24, 2.45) is 0 Å². The summed E-state index contributed by atoms with van der Waals surface area (Å²) in [5.41, 5.74) is 1.36. The third-order valence-electron chi connectivity index (χ3n) is 3.51. The van der Waals surface area contributed by atoms with Gasteiger partial charge in [0.2, 0.25) is 5.91 Å². The Kier molecular flexibility index (Phi) is 5.52. The number of anilines is 2. The van der Waals surface area contributed by atoms with Gasteiger partial charge in [0.25, 0.3) is 0 Å². The largest absolute Gasteiger partial charge is 0.372 e. The van der Waals surface area contributed by atoms with Crippen molar-refractivity contribution in [3.8, 4) is 0 Å². The standard InChI is InChI=1S/C15H22FN3O2/c1-3-21-11-15(20)17-13-10-12(16)4-5-14(13)19-8-6-18(2)7-9-19/h4-5,10H,3,6-9,11H2,1-2H3,(H,17,20). The summed E-state index contributed by atoms with van der Waals surface area (Å²) < 4.78 is 18.5. The highest BCUT2D eigenvalue weighted by Crippen LogP contribution is 2.27. The summed E-state index contributed by atoms with van der Waals surface area (Å²) in [5.74, 6) is -0.627. The molecule has 1 amide bonds. The smallest absolute Gasteiger partial charge is 0.250 e. The van der Waals surface area contributed by atoms with Gasteiger partial charge < -0.3 is 19.9 Å². The van der Waals surface area contributed by atoms with E-state index in [2.05, 4.69) is 22.2 Å². The van der Waals surface area contributed by atoms with Crippen LogP contribution in [0.3, 0.4) is 0 Å². The van der Waals surface area contributed by atoms with Crippen molar-refractivity contribution in [1.29, 1.82) is 0 Å². The minimum atomic E-state index is -0.361. The van der Waals surface area contributed by atoms with Crippen LogP contribution in [0.4, 0.5) is 15.8 Å². The third-order valence-corrected chi connectivity index (χ3v) is 3.51. The van der Waals surface area contributed by atoms with Crippen molar-refractivity contribution >= 4 is 17.3 Å². The highest BCUT2D eigenvalue weighted by atomic mass is 19.1. The molecule has 0 atom stereocenters. The number of halogens is 1. The van der Waals surface area contributed by atoms with Crippen LogP contribution in [0.25, 0.3) is 0 Å². The van der Waals surface area contributed by atoms with E-state index in [9.17, 15) is 9.18 Å². The Labute approximate surface area is 124 Å². The first kappa shape index (κ1) is 15.7. The molecule has 0 aromatic heterocycles. The summed E-state index contributed by atoms with van der Waals surface area (Å²) in [7, 11) is 2.08. The van der Waals surface area contributed by atoms with E-state index < -0.39 is 0 Å². The third kappa shape index (κ3) is 4.41. The van der Waals surface area contributed by atoms with Crippen LogP contribution in [-0.2, 0) is 9.53 Å². The van der Waals surface area contributed by atoms with Gasteiger partial charge in [0.05, 0.1) is 11.4 Å². The zero-order valence-corrected chi connectivity index (χ0v) is 12.6. The van der Waals surface area contributed by atoms with E-state index in [0.717, 1.165) is 31.9 Å². The molecule has 0 saturated carbocycles. The molecule has 1 heterocycles. The molecule has 0 unspecified atom stereocenters. The van der Waals surface area contributed by atoms with Gasteiger partial charge in [-0.2, -0.15) is 0 Å². The van der Waals surface area contributed by atoms with Gasteiger partial charge in [0, 0.05) is 32.8 Å². The topological polar surface area (TPSA) is 44.8 Å². The molecular formula is C15H22FN3O2. The van der Waals surface area contributed by atoms with Crippen molar-refractivity contribution < 1.29 is 13.9 Å². The molecule has 1 saturated heterocycles. The Morgan fingerprint density at radius 1 is 1.33 bits per heavy atom. The second kappa shape index (κ2) is 7.38. The number of piperazine rings is 1. The second-order valence-electron chi connectivity index (χ2n) is 5.14. The summed E-state index contributed by atoms with van der Waals surface area (Å²) in [5, 5.41) is 2.74. The van der Waals surface area contributed by atoms with Gasteiger partial charge >= 0.3 is 0 Å². The highest BCUT2D eigenvalue weighted by molar-refractivity contribution is 5.95. The molecule has 0 radical (unpaired) electrons. The van der Waals surface area contributed by atoms with E-state index in [4.69, 9.17) is 4.74 Å². The number of nitrogens with one attached hydrogen (secondary N) is 1. The van der Waals surface area contributed by atoms with Crippen LogP contribution < -0.4 is 10.2 Å². The molecule has 1 aromatic rings. The number of hydrogen-bond donors (Lipinski definition) is 1. The Bertz CT molecular complexity index is 488. The van der Waals surface area contributed by atoms with Gasteiger partial charge in [0.1, 0.15) is 12.4 Å². The molecule has 1 aliphatic heterocycles. The van der Waals surface area contributed by atoms with E-state index in [0.29, 0.717) is 12.3 Å². The number of benzene rings is 1. The van der Waals surface area contributed by atoms with Crippen molar-refractivity contribution in [3.05, 3.63) is 24.0 Å². The van der Waals surface area contributed by atoms with Crippen LogP contribution in [0.5, 0.6) is 0 Å². The number of hydrogen-bond acceptors (Lipinski definition) is 4. The summed E-state index contributed by atoms with van der Waals surface area (Å²) >= 11 is 0. The fraction of sp³-hybridized carbons (Fsp3) is 0.533. The predicted octanol–water partition coefficient (Wildman–Crippen LogP) is 1.55. The molecule has 5 nitrogen and oxygen atoms in total. The molecule has 0 spiro atoms. The molecule has 6 heteroatoms. The van der Waals surface area contributed by atoms with E-state index in [1.807, 2.05) is 6.92 Å². The monoisotopic (exact) mass is 295 g/mol. The van der Waals surface area contributed by atoms with Crippen molar-refractivity contribution in [2.75, 3.05) is 56.7 Å². The summed E-state index contributed by atoms with van der Waals surface area (Å²) in [6.45, 7) is 5.89. The Balaban J connectivity index is 2.11. The highest BCUT2D eigenvalue weighted by Gasteiger charge is 2.18. The van der Waals surface area contributed by atoms with Gasteiger partial charge in [-0.05, 0) is 32.2 Å². The van der Waals surface area contributed by atoms with Crippen molar-refractivity contribution in [3.63, 3.8) is 0 Å². The first-order valence-electron chi connectivity index (χ1n) is 7.20. The maximum atomic E-state index is 13.5. The molecule has 21 heavy (non-hydrogen) atoms. The van der Waals surface area contributed by atoms with E-state index in [1.54, 1.807) is 6.07 Å². The molecule has 0 aliphatic carbocycles.